The van der Waals surface area contributed by atoms with E-state index < -0.39 is 24.1 Å². The zero-order valence-corrected chi connectivity index (χ0v) is 15.6. The van der Waals surface area contributed by atoms with E-state index in [4.69, 9.17) is 16.3 Å². The van der Waals surface area contributed by atoms with Crippen molar-refractivity contribution in [1.29, 1.82) is 0 Å². The molecule has 8 nitrogen and oxygen atoms in total. The molecule has 1 rings (SSSR count). The summed E-state index contributed by atoms with van der Waals surface area (Å²) in [7, 11) is 1.12. The van der Waals surface area contributed by atoms with Crippen molar-refractivity contribution in [1.82, 2.24) is 15.1 Å². The van der Waals surface area contributed by atoms with E-state index in [-0.39, 0.29) is 0 Å². The van der Waals surface area contributed by atoms with Crippen LogP contribution in [0.5, 0.6) is 0 Å². The molecule has 2 amide bonds. The lowest BCUT2D eigenvalue weighted by Crippen LogP contribution is -2.39. The van der Waals surface area contributed by atoms with E-state index in [1.54, 1.807) is 11.6 Å². The number of carbonyl (C=O) groups excluding carboxylic acids is 3. The van der Waals surface area contributed by atoms with Gasteiger partial charge in [0.05, 0.1) is 12.8 Å². The minimum Gasteiger partial charge on any atom is -0.453 e. The van der Waals surface area contributed by atoms with Crippen LogP contribution in [0.3, 0.4) is 0 Å². The van der Waals surface area contributed by atoms with E-state index in [1.165, 1.54) is 13.0 Å². The van der Waals surface area contributed by atoms with Crippen LogP contribution in [0.4, 0.5) is 4.79 Å². The fraction of sp³-hybridized carbons (Fsp3) is 0.500. The van der Waals surface area contributed by atoms with E-state index in [9.17, 15) is 14.4 Å². The Kier molecular flexibility index (Phi) is 7.63. The van der Waals surface area contributed by atoms with Gasteiger partial charge in [0.25, 0.3) is 5.91 Å². The summed E-state index contributed by atoms with van der Waals surface area (Å²) in [5.41, 5.74) is 1.28. The fourth-order valence-electron chi connectivity index (χ4n) is 1.90. The molecule has 138 valence electrons. The molecule has 0 saturated heterocycles. The van der Waals surface area contributed by atoms with Crippen molar-refractivity contribution in [2.24, 2.45) is 5.92 Å². The van der Waals surface area contributed by atoms with Crippen LogP contribution in [0.1, 0.15) is 32.0 Å². The molecule has 1 N–H and O–H groups in total. The SMILES string of the molecule is COC(=O)NC(=O)[C@H](C)OC(=O)/C=C/c1c(C)nn(CC(C)C)c1Cl. The molecule has 9 heteroatoms. The summed E-state index contributed by atoms with van der Waals surface area (Å²) in [5, 5.41) is 6.66. The van der Waals surface area contributed by atoms with Crippen molar-refractivity contribution in [2.45, 2.75) is 40.3 Å². The zero-order chi connectivity index (χ0) is 19.1. The van der Waals surface area contributed by atoms with Crippen molar-refractivity contribution in [2.75, 3.05) is 7.11 Å². The van der Waals surface area contributed by atoms with E-state index >= 15 is 0 Å². The number of rotatable bonds is 6. The van der Waals surface area contributed by atoms with Crippen molar-refractivity contribution >= 4 is 35.6 Å². The molecule has 1 heterocycles. The molecule has 1 atom stereocenters. The normalized spacial score (nSPS) is 12.3. The number of nitrogens with one attached hydrogen (secondary N) is 1. The molecule has 0 aliphatic heterocycles. The van der Waals surface area contributed by atoms with Crippen molar-refractivity contribution in [3.8, 4) is 0 Å². The number of esters is 1. The Morgan fingerprint density at radius 1 is 1.32 bits per heavy atom. The maximum Gasteiger partial charge on any atom is 0.413 e. The van der Waals surface area contributed by atoms with Crippen LogP contribution in [0.25, 0.3) is 6.08 Å². The molecular weight excluding hydrogens is 350 g/mol. The quantitative estimate of drug-likeness (QED) is 0.608. The Morgan fingerprint density at radius 2 is 1.96 bits per heavy atom. The minimum absolute atomic E-state index is 0.368. The van der Waals surface area contributed by atoms with E-state index in [1.807, 2.05) is 19.2 Å². The number of hydrogen-bond acceptors (Lipinski definition) is 6. The Morgan fingerprint density at radius 3 is 2.52 bits per heavy atom. The van der Waals surface area contributed by atoms with Gasteiger partial charge in [-0.15, -0.1) is 0 Å². The first kappa shape index (κ1) is 20.7. The number of amides is 2. The number of hydrogen-bond donors (Lipinski definition) is 1. The first-order valence-corrected chi connectivity index (χ1v) is 8.03. The molecular formula is C16H22ClN3O5. The first-order chi connectivity index (χ1) is 11.6. The standard InChI is InChI=1S/C16H22ClN3O5/c1-9(2)8-20-14(17)12(10(3)19-20)6-7-13(21)25-11(4)15(22)18-16(23)24-5/h6-7,9,11H,8H2,1-5H3,(H,18,22,23)/b7-6+/t11-/m0/s1. The van der Waals surface area contributed by atoms with Crippen LogP contribution < -0.4 is 5.32 Å². The second-order valence-corrected chi connectivity index (χ2v) is 6.12. The smallest absolute Gasteiger partial charge is 0.413 e. The fourth-order valence-corrected chi connectivity index (χ4v) is 2.20. The second kappa shape index (κ2) is 9.22. The number of alkyl carbamates (subject to hydrolysis) is 1. The maximum atomic E-state index is 11.8. The number of halogens is 1. The number of carbonyl (C=O) groups is 3. The Labute approximate surface area is 151 Å². The summed E-state index contributed by atoms with van der Waals surface area (Å²) in [6, 6.07) is 0. The summed E-state index contributed by atoms with van der Waals surface area (Å²) in [5.74, 6) is -1.17. The lowest BCUT2D eigenvalue weighted by atomic mass is 10.2. The van der Waals surface area contributed by atoms with Gasteiger partial charge < -0.3 is 9.47 Å². The van der Waals surface area contributed by atoms with Crippen LogP contribution in [0.15, 0.2) is 6.08 Å². The molecule has 0 aromatic carbocycles. The highest BCUT2D eigenvalue weighted by Gasteiger charge is 2.19. The van der Waals surface area contributed by atoms with Gasteiger partial charge in [-0.3, -0.25) is 14.8 Å². The van der Waals surface area contributed by atoms with E-state index in [0.29, 0.717) is 28.9 Å². The van der Waals surface area contributed by atoms with Crippen LogP contribution in [-0.4, -0.2) is 41.0 Å². The minimum atomic E-state index is -1.16. The number of aryl methyl sites for hydroxylation is 1. The molecule has 0 unspecified atom stereocenters. The van der Waals surface area contributed by atoms with Crippen LogP contribution >= 0.6 is 11.6 Å². The number of nitrogens with zero attached hydrogens (tertiary/aromatic N) is 2. The van der Waals surface area contributed by atoms with Gasteiger partial charge in [0.15, 0.2) is 6.10 Å². The van der Waals surface area contributed by atoms with Gasteiger partial charge in [0.1, 0.15) is 5.15 Å². The number of methoxy groups -OCH3 is 1. The largest absolute Gasteiger partial charge is 0.453 e. The van der Waals surface area contributed by atoms with Gasteiger partial charge >= 0.3 is 12.1 Å². The Balaban J connectivity index is 2.72. The lowest BCUT2D eigenvalue weighted by molar-refractivity contribution is -0.149. The van der Waals surface area contributed by atoms with Gasteiger partial charge in [-0.1, -0.05) is 25.4 Å². The molecule has 0 radical (unpaired) electrons. The number of aromatic nitrogens is 2. The monoisotopic (exact) mass is 371 g/mol. The average Bonchev–Trinajstić information content (AvgIpc) is 2.78. The van der Waals surface area contributed by atoms with Crippen LogP contribution in [0.2, 0.25) is 5.15 Å². The van der Waals surface area contributed by atoms with E-state index in [0.717, 1.165) is 13.2 Å². The van der Waals surface area contributed by atoms with Gasteiger partial charge in [-0.2, -0.15) is 5.10 Å². The lowest BCUT2D eigenvalue weighted by Gasteiger charge is -2.10. The number of ether oxygens (including phenoxy) is 2. The topological polar surface area (TPSA) is 99.5 Å². The summed E-state index contributed by atoms with van der Waals surface area (Å²) in [6.07, 6.45) is 0.548. The van der Waals surface area contributed by atoms with Crippen molar-refractivity contribution < 1.29 is 23.9 Å². The molecule has 0 aliphatic carbocycles. The molecule has 0 saturated carbocycles. The highest BCUT2D eigenvalue weighted by Crippen LogP contribution is 2.22. The highest BCUT2D eigenvalue weighted by atomic mass is 35.5. The van der Waals surface area contributed by atoms with Crippen LogP contribution in [-0.2, 0) is 25.6 Å². The average molecular weight is 372 g/mol. The predicted octanol–water partition coefficient (Wildman–Crippen LogP) is 2.33. The molecule has 0 aliphatic rings. The molecule has 1 aromatic heterocycles. The molecule has 25 heavy (non-hydrogen) atoms. The Hall–Kier alpha value is -2.35. The predicted molar refractivity (Wildman–Crippen MR) is 91.9 cm³/mol. The Bertz CT molecular complexity index is 682. The number of imide groups is 1. The first-order valence-electron chi connectivity index (χ1n) is 7.66. The van der Waals surface area contributed by atoms with Crippen molar-refractivity contribution in [3.63, 3.8) is 0 Å². The zero-order valence-electron chi connectivity index (χ0n) is 14.8. The molecule has 0 bridgehead atoms. The van der Waals surface area contributed by atoms with Crippen molar-refractivity contribution in [3.05, 3.63) is 22.5 Å². The maximum absolute atomic E-state index is 11.8. The summed E-state index contributed by atoms with van der Waals surface area (Å²) in [4.78, 5) is 34.4. The van der Waals surface area contributed by atoms with Gasteiger partial charge in [-0.25, -0.2) is 9.59 Å². The third-order valence-electron chi connectivity index (χ3n) is 3.11. The van der Waals surface area contributed by atoms with Gasteiger partial charge in [0, 0.05) is 18.2 Å². The van der Waals surface area contributed by atoms with Gasteiger partial charge in [-0.05, 0) is 25.8 Å². The van der Waals surface area contributed by atoms with Crippen LogP contribution in [0, 0.1) is 12.8 Å². The second-order valence-electron chi connectivity index (χ2n) is 5.76. The summed E-state index contributed by atoms with van der Waals surface area (Å²) >= 11 is 6.27. The third kappa shape index (κ3) is 6.22. The molecule has 1 aromatic rings. The highest BCUT2D eigenvalue weighted by molar-refractivity contribution is 6.31. The molecule has 0 fully saturated rings. The third-order valence-corrected chi connectivity index (χ3v) is 3.51. The molecule has 0 spiro atoms. The van der Waals surface area contributed by atoms with E-state index in [2.05, 4.69) is 9.84 Å². The summed E-state index contributed by atoms with van der Waals surface area (Å²) in [6.45, 7) is 7.85. The van der Waals surface area contributed by atoms with Gasteiger partial charge in [0.2, 0.25) is 0 Å². The summed E-state index contributed by atoms with van der Waals surface area (Å²) < 4.78 is 10.9.